The molecule has 0 aromatic rings. The maximum Gasteiger partial charge on any atom is 0.379 e. The van der Waals surface area contributed by atoms with Gasteiger partial charge in [0, 0.05) is 6.08 Å². The quantitative estimate of drug-likeness (QED) is 0.401. The second kappa shape index (κ2) is 2.29. The van der Waals surface area contributed by atoms with Gasteiger partial charge in [-0.3, -0.25) is 0 Å². The van der Waals surface area contributed by atoms with Gasteiger partial charge in [-0.25, -0.2) is 4.79 Å². The van der Waals surface area contributed by atoms with Crippen LogP contribution in [0.15, 0.2) is 23.8 Å². The molecule has 0 bridgehead atoms. The monoisotopic (exact) mass is 137 g/mol. The van der Waals surface area contributed by atoms with Gasteiger partial charge >= 0.3 is 11.7 Å². The van der Waals surface area contributed by atoms with Crippen LogP contribution in [0, 0.1) is 5.53 Å². The highest BCUT2D eigenvalue weighted by atomic mass is 16.4. The van der Waals surface area contributed by atoms with E-state index >= 15 is 0 Å². The van der Waals surface area contributed by atoms with E-state index in [4.69, 9.17) is 10.6 Å². The molecule has 50 valence electrons. The molecule has 4 heteroatoms. The van der Waals surface area contributed by atoms with Crippen LogP contribution in [0.4, 0.5) is 0 Å². The molecule has 10 heavy (non-hydrogen) atoms. The lowest BCUT2D eigenvalue weighted by molar-refractivity contribution is -0.134. The van der Waals surface area contributed by atoms with Gasteiger partial charge in [-0.1, -0.05) is 6.08 Å². The number of carboxylic acids is 1. The highest BCUT2D eigenvalue weighted by molar-refractivity contribution is 6.23. The van der Waals surface area contributed by atoms with Crippen molar-refractivity contribution in [2.45, 2.75) is 0 Å². The molecule has 0 heterocycles. The summed E-state index contributed by atoms with van der Waals surface area (Å²) in [5, 5.41) is 8.44. The van der Waals surface area contributed by atoms with E-state index < -0.39 is 5.97 Å². The maximum absolute atomic E-state index is 10.3. The van der Waals surface area contributed by atoms with Crippen molar-refractivity contribution in [2.24, 2.45) is 0 Å². The number of hydrogen-bond donors (Lipinski definition) is 2. The highest BCUT2D eigenvalue weighted by Crippen LogP contribution is 2.05. The number of carboxylic acid groups (broad SMARTS) is 1. The Bertz CT molecular complexity index is 282. The van der Waals surface area contributed by atoms with E-state index in [0.29, 0.717) is 0 Å². The van der Waals surface area contributed by atoms with Crippen LogP contribution in [0.2, 0.25) is 0 Å². The van der Waals surface area contributed by atoms with Crippen molar-refractivity contribution in [3.05, 3.63) is 23.8 Å². The van der Waals surface area contributed by atoms with Gasteiger partial charge in [0.1, 0.15) is 0 Å². The summed E-state index contributed by atoms with van der Waals surface area (Å²) < 4.78 is 0. The molecule has 0 aliphatic heterocycles. The van der Waals surface area contributed by atoms with Crippen LogP contribution in [0.25, 0.3) is 0 Å². The molecule has 0 radical (unpaired) electrons. The molecular formula is C6H5N2O2+. The van der Waals surface area contributed by atoms with Crippen molar-refractivity contribution in [1.29, 1.82) is 5.53 Å². The van der Waals surface area contributed by atoms with E-state index in [9.17, 15) is 4.79 Å². The molecule has 2 N–H and O–H groups in total. The van der Waals surface area contributed by atoms with Crippen molar-refractivity contribution < 1.29 is 14.7 Å². The largest absolute Gasteiger partial charge is 0.477 e. The first-order valence-electron chi connectivity index (χ1n) is 2.62. The Hall–Kier alpha value is -1.67. The smallest absolute Gasteiger partial charge is 0.379 e. The van der Waals surface area contributed by atoms with E-state index in [1.807, 2.05) is 0 Å². The van der Waals surface area contributed by atoms with Crippen LogP contribution in [-0.4, -0.2) is 21.6 Å². The van der Waals surface area contributed by atoms with Crippen molar-refractivity contribution in [3.63, 3.8) is 0 Å². The Morgan fingerprint density at radius 1 is 1.70 bits per heavy atom. The van der Waals surface area contributed by atoms with E-state index in [-0.39, 0.29) is 11.3 Å². The predicted octanol–water partition coefficient (Wildman–Crippen LogP) is 0.247. The summed E-state index contributed by atoms with van der Waals surface area (Å²) in [6.07, 6.45) is 4.45. The van der Waals surface area contributed by atoms with Crippen molar-refractivity contribution in [2.75, 3.05) is 0 Å². The first-order valence-corrected chi connectivity index (χ1v) is 2.62. The fraction of sp³-hybridized carbons (Fsp3) is 0. The molecule has 1 rings (SSSR count). The lowest BCUT2D eigenvalue weighted by atomic mass is 10.2. The van der Waals surface area contributed by atoms with Gasteiger partial charge in [0.25, 0.3) is 0 Å². The molecule has 0 saturated heterocycles. The Kier molecular flexibility index (Phi) is 1.48. The standard InChI is InChI=1S/C6H4N2O2/c7-8-5-3-1-2-4(5)6(9)10/h1-3,7H/p+1. The fourth-order valence-corrected chi connectivity index (χ4v) is 0.689. The molecule has 1 aliphatic rings. The molecule has 0 amide bonds. The summed E-state index contributed by atoms with van der Waals surface area (Å²) in [6.45, 7) is 0. The van der Waals surface area contributed by atoms with Gasteiger partial charge in [-0.15, -0.1) is 0 Å². The second-order valence-corrected chi connectivity index (χ2v) is 1.74. The van der Waals surface area contributed by atoms with Crippen molar-refractivity contribution >= 4 is 11.7 Å². The Labute approximate surface area is 56.7 Å². The molecule has 0 fully saturated rings. The average Bonchev–Trinajstić information content (AvgIpc) is 2.33. The lowest BCUT2D eigenvalue weighted by Gasteiger charge is -1.81. The minimum absolute atomic E-state index is 0.0787. The van der Waals surface area contributed by atoms with Crippen LogP contribution in [0.1, 0.15) is 0 Å². The molecule has 4 nitrogen and oxygen atoms in total. The van der Waals surface area contributed by atoms with Gasteiger partial charge in [0.05, 0.1) is 10.3 Å². The first-order chi connectivity index (χ1) is 4.75. The lowest BCUT2D eigenvalue weighted by Crippen LogP contribution is -2.07. The zero-order chi connectivity index (χ0) is 7.56. The number of carbonyl (C=O) groups is 1. The fourth-order valence-electron chi connectivity index (χ4n) is 0.689. The van der Waals surface area contributed by atoms with E-state index in [0.717, 1.165) is 0 Å². The molecule has 1 aliphatic carbocycles. The summed E-state index contributed by atoms with van der Waals surface area (Å²) in [5.41, 5.74) is 6.84. The topological polar surface area (TPSA) is 75.2 Å². The van der Waals surface area contributed by atoms with Crippen molar-refractivity contribution in [3.8, 4) is 0 Å². The second-order valence-electron chi connectivity index (χ2n) is 1.74. The Morgan fingerprint density at radius 3 is 2.80 bits per heavy atom. The SMILES string of the molecule is N=[N+]=C1C=CC=C1C(=O)O. The molecule has 0 aromatic heterocycles. The van der Waals surface area contributed by atoms with Gasteiger partial charge in [-0.2, -0.15) is 0 Å². The molecule has 0 aromatic carbocycles. The third-order valence-corrected chi connectivity index (χ3v) is 1.14. The van der Waals surface area contributed by atoms with Crippen LogP contribution < -0.4 is 0 Å². The third-order valence-electron chi connectivity index (χ3n) is 1.14. The minimum atomic E-state index is -1.05. The third kappa shape index (κ3) is 0.876. The summed E-state index contributed by atoms with van der Waals surface area (Å²) in [4.78, 5) is 13.3. The van der Waals surface area contributed by atoms with Crippen LogP contribution >= 0.6 is 0 Å². The number of nitrogens with zero attached hydrogens (tertiary/aromatic N) is 1. The van der Waals surface area contributed by atoms with Gasteiger partial charge in [0.2, 0.25) is 0 Å². The summed E-state index contributed by atoms with van der Waals surface area (Å²) in [6, 6.07) is 0. The van der Waals surface area contributed by atoms with Gasteiger partial charge < -0.3 is 5.11 Å². The van der Waals surface area contributed by atoms with Crippen molar-refractivity contribution in [1.82, 2.24) is 0 Å². The zero-order valence-corrected chi connectivity index (χ0v) is 5.03. The van der Waals surface area contributed by atoms with Gasteiger partial charge in [-0.05, 0) is 6.08 Å². The van der Waals surface area contributed by atoms with Crippen LogP contribution in [-0.2, 0) is 4.79 Å². The van der Waals surface area contributed by atoms with Crippen LogP contribution in [0.5, 0.6) is 0 Å². The number of hydrogen-bond acceptors (Lipinski definition) is 2. The van der Waals surface area contributed by atoms with E-state index in [1.54, 1.807) is 6.08 Å². The van der Waals surface area contributed by atoms with Crippen LogP contribution in [0.3, 0.4) is 0 Å². The Balaban J connectivity index is 3.04. The maximum atomic E-state index is 10.3. The molecule has 0 unspecified atom stereocenters. The van der Waals surface area contributed by atoms with Gasteiger partial charge in [0.15, 0.2) is 5.57 Å². The average molecular weight is 137 g/mol. The van der Waals surface area contributed by atoms with E-state index in [1.165, 1.54) is 12.2 Å². The number of allylic oxidation sites excluding steroid dienone is 3. The minimum Gasteiger partial charge on any atom is -0.477 e. The normalized spacial score (nSPS) is 14.8. The molecular weight excluding hydrogens is 132 g/mol. The molecule has 0 atom stereocenters. The zero-order valence-electron chi connectivity index (χ0n) is 5.03. The van der Waals surface area contributed by atoms with E-state index in [2.05, 4.69) is 4.79 Å². The summed E-state index contributed by atoms with van der Waals surface area (Å²) in [7, 11) is 0. The number of aliphatic carboxylic acids is 1. The number of rotatable bonds is 1. The summed E-state index contributed by atoms with van der Waals surface area (Å²) >= 11 is 0. The molecule has 0 saturated carbocycles. The summed E-state index contributed by atoms with van der Waals surface area (Å²) in [5.74, 6) is -1.05. The molecule has 0 spiro atoms. The first kappa shape index (κ1) is 6.45. The highest BCUT2D eigenvalue weighted by Gasteiger charge is 2.24. The Morgan fingerprint density at radius 2 is 2.40 bits per heavy atom. The predicted molar refractivity (Wildman–Crippen MR) is 32.8 cm³/mol. The number of nitrogens with one attached hydrogen (secondary N) is 1.